The molecule has 2 atom stereocenters. The molecule has 1 aromatic carbocycles. The third-order valence-electron chi connectivity index (χ3n) is 6.54. The van der Waals surface area contributed by atoms with Crippen LogP contribution in [0.25, 0.3) is 0 Å². The molecule has 0 radical (unpaired) electrons. The zero-order valence-corrected chi connectivity index (χ0v) is 22.9. The number of hydrogen-bond donors (Lipinski definition) is 3. The second kappa shape index (κ2) is 14.5. The van der Waals surface area contributed by atoms with Gasteiger partial charge in [0, 0.05) is 46.1 Å². The maximum absolute atomic E-state index is 13.5. The number of ether oxygens (including phenoxy) is 2. The first-order valence-electron chi connectivity index (χ1n) is 13.3. The molecule has 3 aliphatic heterocycles. The molecule has 0 saturated carbocycles. The largest absolute Gasteiger partial charge is 0.484 e. The van der Waals surface area contributed by atoms with E-state index in [1.54, 1.807) is 29.2 Å². The Balaban J connectivity index is 1.90. The van der Waals surface area contributed by atoms with E-state index < -0.39 is 29.8 Å². The first-order valence-corrected chi connectivity index (χ1v) is 13.3. The van der Waals surface area contributed by atoms with Gasteiger partial charge in [-0.3, -0.25) is 24.0 Å². The van der Waals surface area contributed by atoms with Gasteiger partial charge in [-0.15, -0.1) is 0 Å². The van der Waals surface area contributed by atoms with Crippen LogP contribution in [-0.4, -0.2) is 104 Å². The molecular formula is C27H39N5O7. The van der Waals surface area contributed by atoms with Crippen molar-refractivity contribution >= 4 is 29.5 Å². The van der Waals surface area contributed by atoms with Crippen molar-refractivity contribution in [3.8, 4) is 5.75 Å². The number of fused-ring (bicyclic) bond motifs is 13. The van der Waals surface area contributed by atoms with Crippen LogP contribution in [0.4, 0.5) is 0 Å². The van der Waals surface area contributed by atoms with Crippen LogP contribution >= 0.6 is 0 Å². The molecule has 0 spiro atoms. The van der Waals surface area contributed by atoms with Gasteiger partial charge in [0.25, 0.3) is 5.91 Å². The molecule has 4 rings (SSSR count). The number of methoxy groups -OCH3 is 1. The lowest BCUT2D eigenvalue weighted by atomic mass is 10.0. The van der Waals surface area contributed by atoms with Crippen molar-refractivity contribution < 1.29 is 33.4 Å². The van der Waals surface area contributed by atoms with Gasteiger partial charge in [-0.25, -0.2) is 0 Å². The molecule has 39 heavy (non-hydrogen) atoms. The molecule has 1 saturated heterocycles. The van der Waals surface area contributed by atoms with Crippen molar-refractivity contribution in [2.45, 2.75) is 45.2 Å². The maximum atomic E-state index is 13.5. The molecule has 12 heteroatoms. The predicted molar refractivity (Wildman–Crippen MR) is 142 cm³/mol. The van der Waals surface area contributed by atoms with Crippen molar-refractivity contribution in [3.05, 3.63) is 29.8 Å². The SMILES string of the molecule is COCCN1CC(=O)N[C@@H](C(=O)N2CCNC(=O)CC2)Cc2ccc(cc2)OCC(=O)N[C@@H](CC(C)C)C1=O. The summed E-state index contributed by atoms with van der Waals surface area (Å²) in [6, 6.07) is 5.16. The van der Waals surface area contributed by atoms with Gasteiger partial charge in [0.2, 0.25) is 23.6 Å². The minimum absolute atomic E-state index is 0.0911. The van der Waals surface area contributed by atoms with E-state index in [4.69, 9.17) is 9.47 Å². The Labute approximate surface area is 228 Å². The predicted octanol–water partition coefficient (Wildman–Crippen LogP) is -0.539. The van der Waals surface area contributed by atoms with Crippen LogP contribution in [0.15, 0.2) is 24.3 Å². The highest BCUT2D eigenvalue weighted by Crippen LogP contribution is 2.16. The fraction of sp³-hybridized carbons (Fsp3) is 0.593. The number of nitrogens with zero attached hydrogens (tertiary/aromatic N) is 2. The summed E-state index contributed by atoms with van der Waals surface area (Å²) in [4.78, 5) is 67.7. The molecule has 5 amide bonds. The number of benzene rings is 1. The Morgan fingerprint density at radius 3 is 2.49 bits per heavy atom. The Morgan fingerprint density at radius 2 is 1.79 bits per heavy atom. The molecule has 1 aromatic rings. The average Bonchev–Trinajstić information content (AvgIpc) is 3.12. The summed E-state index contributed by atoms with van der Waals surface area (Å²) in [5.74, 6) is -1.26. The van der Waals surface area contributed by atoms with E-state index in [-0.39, 0.29) is 63.4 Å². The van der Waals surface area contributed by atoms with E-state index >= 15 is 0 Å². The minimum Gasteiger partial charge on any atom is -0.484 e. The quantitative estimate of drug-likeness (QED) is 0.407. The van der Waals surface area contributed by atoms with Crippen LogP contribution in [0.1, 0.15) is 32.3 Å². The lowest BCUT2D eigenvalue weighted by Gasteiger charge is -2.30. The second-order valence-electron chi connectivity index (χ2n) is 10.2. The molecule has 3 heterocycles. The fourth-order valence-electron chi connectivity index (χ4n) is 4.55. The second-order valence-corrected chi connectivity index (χ2v) is 10.2. The zero-order valence-electron chi connectivity index (χ0n) is 22.9. The number of carbonyl (C=O) groups excluding carboxylic acids is 5. The minimum atomic E-state index is -0.907. The van der Waals surface area contributed by atoms with Crippen LogP contribution in [0.2, 0.25) is 0 Å². The van der Waals surface area contributed by atoms with Gasteiger partial charge in [-0.2, -0.15) is 0 Å². The molecular weight excluding hydrogens is 506 g/mol. The Morgan fingerprint density at radius 1 is 1.05 bits per heavy atom. The summed E-state index contributed by atoms with van der Waals surface area (Å²) in [7, 11) is 1.49. The Bertz CT molecular complexity index is 1030. The molecule has 12 nitrogen and oxygen atoms in total. The third-order valence-corrected chi connectivity index (χ3v) is 6.54. The lowest BCUT2D eigenvalue weighted by Crippen LogP contribution is -2.55. The highest BCUT2D eigenvalue weighted by Gasteiger charge is 2.31. The molecule has 3 aliphatic rings. The molecule has 214 valence electrons. The van der Waals surface area contributed by atoms with Crippen LogP contribution in [0.3, 0.4) is 0 Å². The van der Waals surface area contributed by atoms with Crippen LogP contribution in [0.5, 0.6) is 5.75 Å². The van der Waals surface area contributed by atoms with Gasteiger partial charge in [-0.1, -0.05) is 26.0 Å². The van der Waals surface area contributed by atoms with Crippen LogP contribution < -0.4 is 20.7 Å². The Kier molecular flexibility index (Phi) is 11.1. The number of nitrogens with one attached hydrogen (secondary N) is 3. The number of hydrogen-bond acceptors (Lipinski definition) is 7. The monoisotopic (exact) mass is 545 g/mol. The fourth-order valence-corrected chi connectivity index (χ4v) is 4.55. The maximum Gasteiger partial charge on any atom is 0.258 e. The van der Waals surface area contributed by atoms with E-state index in [1.165, 1.54) is 12.0 Å². The number of amides is 5. The van der Waals surface area contributed by atoms with Crippen molar-refractivity contribution in [1.82, 2.24) is 25.8 Å². The lowest BCUT2D eigenvalue weighted by molar-refractivity contribution is -0.142. The van der Waals surface area contributed by atoms with E-state index in [1.807, 2.05) is 13.8 Å². The average molecular weight is 546 g/mol. The first-order chi connectivity index (χ1) is 18.7. The summed E-state index contributed by atoms with van der Waals surface area (Å²) in [5, 5.41) is 8.31. The Hall–Kier alpha value is -3.67. The summed E-state index contributed by atoms with van der Waals surface area (Å²) < 4.78 is 10.8. The molecule has 0 unspecified atom stereocenters. The van der Waals surface area contributed by atoms with Crippen molar-refractivity contribution in [2.75, 3.05) is 53.0 Å². The van der Waals surface area contributed by atoms with E-state index in [0.717, 1.165) is 5.56 Å². The van der Waals surface area contributed by atoms with Gasteiger partial charge < -0.3 is 35.2 Å². The van der Waals surface area contributed by atoms with Crippen LogP contribution in [0, 0.1) is 5.92 Å². The van der Waals surface area contributed by atoms with Crippen LogP contribution in [-0.2, 0) is 35.1 Å². The van der Waals surface area contributed by atoms with Gasteiger partial charge in [-0.05, 0) is 30.0 Å². The number of carbonyl (C=O) groups is 5. The van der Waals surface area contributed by atoms with Crippen molar-refractivity contribution in [2.24, 2.45) is 5.92 Å². The summed E-state index contributed by atoms with van der Waals surface area (Å²) >= 11 is 0. The summed E-state index contributed by atoms with van der Waals surface area (Å²) in [6.45, 7) is 4.51. The standard InChI is InChI=1S/C27H39N5O7/c1-18(2)14-21-27(37)32(12-13-38-3)16-24(34)29-22(26(36)31-10-8-23(33)28-9-11-31)15-19-4-6-20(7-5-19)39-17-25(35)30-21/h4-7,18,21-22H,8-17H2,1-3H3,(H,28,33)(H,29,34)(H,30,35)/t21-,22+/m0/s1. The van der Waals surface area contributed by atoms with Crippen molar-refractivity contribution in [1.29, 1.82) is 0 Å². The van der Waals surface area contributed by atoms with E-state index in [0.29, 0.717) is 25.3 Å². The molecule has 0 aliphatic carbocycles. The zero-order chi connectivity index (χ0) is 28.4. The summed E-state index contributed by atoms with van der Waals surface area (Å²) in [5.41, 5.74) is 0.769. The molecule has 3 N–H and O–H groups in total. The first kappa shape index (κ1) is 29.9. The normalized spacial score (nSPS) is 21.6. The van der Waals surface area contributed by atoms with Gasteiger partial charge >= 0.3 is 0 Å². The van der Waals surface area contributed by atoms with E-state index in [2.05, 4.69) is 16.0 Å². The van der Waals surface area contributed by atoms with Crippen molar-refractivity contribution in [3.63, 3.8) is 0 Å². The smallest absolute Gasteiger partial charge is 0.258 e. The van der Waals surface area contributed by atoms with E-state index in [9.17, 15) is 24.0 Å². The topological polar surface area (TPSA) is 146 Å². The highest BCUT2D eigenvalue weighted by atomic mass is 16.5. The molecule has 1 fully saturated rings. The van der Waals surface area contributed by atoms with Gasteiger partial charge in [0.05, 0.1) is 13.2 Å². The van der Waals surface area contributed by atoms with Gasteiger partial charge in [0.15, 0.2) is 6.61 Å². The number of rotatable bonds is 6. The molecule has 0 aromatic heterocycles. The third kappa shape index (κ3) is 9.24. The molecule has 2 bridgehead atoms. The highest BCUT2D eigenvalue weighted by molar-refractivity contribution is 5.93. The van der Waals surface area contributed by atoms with Gasteiger partial charge in [0.1, 0.15) is 17.8 Å². The summed E-state index contributed by atoms with van der Waals surface area (Å²) in [6.07, 6.45) is 0.749.